The Morgan fingerprint density at radius 2 is 2.02 bits per heavy atom. The van der Waals surface area contributed by atoms with Gasteiger partial charge in [0.2, 0.25) is 11.8 Å². The fourth-order valence-corrected chi connectivity index (χ4v) is 6.35. The highest BCUT2D eigenvalue weighted by Crippen LogP contribution is 2.26. The number of carbonyl (C=O) groups is 4. The topological polar surface area (TPSA) is 278 Å². The average Bonchev–Trinajstić information content (AvgIpc) is 3.72. The van der Waals surface area contributed by atoms with Crippen LogP contribution in [0.3, 0.4) is 0 Å². The van der Waals surface area contributed by atoms with E-state index in [0.29, 0.717) is 18.1 Å². The molecule has 3 aromatic rings. The molecule has 1 aliphatic rings. The van der Waals surface area contributed by atoms with Crippen molar-refractivity contribution < 1.29 is 46.8 Å². The third-order valence-corrected chi connectivity index (χ3v) is 9.29. The normalized spacial score (nSPS) is 17.0. The Hall–Kier alpha value is -4.51. The lowest BCUT2D eigenvalue weighted by atomic mass is 9.98. The minimum absolute atomic E-state index is 0.0372. The van der Waals surface area contributed by atoms with E-state index < -0.39 is 63.9 Å². The van der Waals surface area contributed by atoms with Crippen LogP contribution in [-0.2, 0) is 43.1 Å². The predicted molar refractivity (Wildman–Crippen MR) is 163 cm³/mol. The van der Waals surface area contributed by atoms with Gasteiger partial charge in [-0.1, -0.05) is 5.16 Å². The van der Waals surface area contributed by atoms with E-state index in [4.69, 9.17) is 16.3 Å². The monoisotopic (exact) mass is 699 g/mol. The van der Waals surface area contributed by atoms with Crippen molar-refractivity contribution in [3.05, 3.63) is 34.5 Å². The molecule has 0 aromatic carbocycles. The molecule has 1 saturated heterocycles. The summed E-state index contributed by atoms with van der Waals surface area (Å²) in [7, 11) is -3.23. The highest BCUT2D eigenvalue weighted by Gasteiger charge is 2.54. The maximum Gasteiger partial charge on any atom is 0.362 e. The Labute approximate surface area is 269 Å². The first-order chi connectivity index (χ1) is 21.5. The Kier molecular flexibility index (Phi) is 10.1. The van der Waals surface area contributed by atoms with Gasteiger partial charge in [0.05, 0.1) is 30.5 Å². The summed E-state index contributed by atoms with van der Waals surface area (Å²) < 4.78 is 37.5. The smallest absolute Gasteiger partial charge is 0.362 e. The maximum absolute atomic E-state index is 13.2. The summed E-state index contributed by atoms with van der Waals surface area (Å²) in [5.41, 5.74) is 9.45. The van der Waals surface area contributed by atoms with Crippen molar-refractivity contribution >= 4 is 67.5 Å². The number of hydrogen-bond acceptors (Lipinski definition) is 14. The number of nitrogens with zero attached hydrogens (tertiary/aromatic N) is 6. The van der Waals surface area contributed by atoms with Gasteiger partial charge < -0.3 is 32.0 Å². The van der Waals surface area contributed by atoms with Gasteiger partial charge >= 0.3 is 16.3 Å². The van der Waals surface area contributed by atoms with Crippen molar-refractivity contribution in [3.8, 4) is 10.6 Å². The van der Waals surface area contributed by atoms with Gasteiger partial charge in [-0.3, -0.25) is 18.9 Å². The molecular weight excluding hydrogens is 669 g/mol. The van der Waals surface area contributed by atoms with E-state index in [1.54, 1.807) is 0 Å². The summed E-state index contributed by atoms with van der Waals surface area (Å²) in [6.45, 7) is 3.05. The minimum Gasteiger partial charge on any atom is -0.478 e. The van der Waals surface area contributed by atoms with Crippen LogP contribution in [0, 0.1) is 0 Å². The lowest BCUT2D eigenvalue weighted by Gasteiger charge is -2.44. The van der Waals surface area contributed by atoms with E-state index >= 15 is 0 Å². The van der Waals surface area contributed by atoms with Crippen molar-refractivity contribution in [3.63, 3.8) is 0 Å². The van der Waals surface area contributed by atoms with Crippen molar-refractivity contribution in [1.82, 2.24) is 29.6 Å². The number of carboxylic acids is 1. The quantitative estimate of drug-likeness (QED) is 0.0362. The second-order valence-electron chi connectivity index (χ2n) is 10.4. The number of nitrogens with one attached hydrogen (secondary N) is 2. The fourth-order valence-electron chi connectivity index (χ4n) is 4.11. The van der Waals surface area contributed by atoms with E-state index in [9.17, 15) is 37.3 Å². The molecule has 8 N–H and O–H groups in total. The zero-order chi connectivity index (χ0) is 34.0. The molecule has 19 nitrogen and oxygen atoms in total. The van der Waals surface area contributed by atoms with Gasteiger partial charge in [0.15, 0.2) is 17.9 Å². The first-order valence-corrected chi connectivity index (χ1v) is 16.5. The number of hydrogen-bond donors (Lipinski definition) is 6. The van der Waals surface area contributed by atoms with E-state index in [0.717, 1.165) is 34.7 Å². The lowest BCUT2D eigenvalue weighted by Crippen LogP contribution is -2.74. The molecule has 0 bridgehead atoms. The van der Waals surface area contributed by atoms with Gasteiger partial charge in [-0.25, -0.2) is 19.1 Å². The number of anilines is 1. The van der Waals surface area contributed by atoms with Crippen LogP contribution < -0.4 is 26.8 Å². The molecule has 46 heavy (non-hydrogen) atoms. The largest absolute Gasteiger partial charge is 0.478 e. The molecule has 0 unspecified atom stereocenters. The predicted octanol–water partition coefficient (Wildman–Crippen LogP) is -1.66. The number of carboxylic acid groups (broad SMARTS) is 1. The molecule has 4 rings (SSSR count). The SMILES string of the molecule is C[n+]1cc(-c2ncc(C(=O)NC[C@@H]3[C@H](NC(=O)/C(=N\OC(C)(C)C(=O)O)c4csc(N)n4)C(=O)N3S(=O)(=O)O)s2)cn1CCCN. The summed E-state index contributed by atoms with van der Waals surface area (Å²) in [6.07, 6.45) is 5.79. The van der Waals surface area contributed by atoms with Crippen LogP contribution in [0.15, 0.2) is 29.1 Å². The van der Waals surface area contributed by atoms with Crippen LogP contribution >= 0.6 is 22.7 Å². The number of amides is 3. The van der Waals surface area contributed by atoms with Crippen LogP contribution in [0.2, 0.25) is 0 Å². The first-order valence-electron chi connectivity index (χ1n) is 13.4. The molecule has 4 heterocycles. The van der Waals surface area contributed by atoms with Crippen molar-refractivity contribution in [2.45, 2.75) is 44.5 Å². The van der Waals surface area contributed by atoms with Crippen LogP contribution in [0.4, 0.5) is 5.13 Å². The number of carbonyl (C=O) groups excluding carboxylic acids is 3. The van der Waals surface area contributed by atoms with Crippen LogP contribution in [0.25, 0.3) is 10.6 Å². The standard InChI is InChI=1S/C24H30N10O9S3/c1-24(2,22(38)39)43-31-16(13-11-44-23(26)29-13)19(36)30-17-14(34(21(17)37)46(40,41)42)7-27-18(35)15-8-28-20(45-15)12-9-32(3)33(10-12)6-4-5-25/h8-11,14,17H,4-7,25H2,1-3H3,(H5-,26,27,29,30,35,36,38,39,40,41,42)/p+1/b31-16-/t14-,17+/m1/s1. The number of thiazole rings is 2. The molecule has 1 fully saturated rings. The Balaban J connectivity index is 1.50. The van der Waals surface area contributed by atoms with Gasteiger partial charge in [0, 0.05) is 11.9 Å². The summed E-state index contributed by atoms with van der Waals surface area (Å²) in [5, 5.41) is 19.6. The molecule has 3 amide bonds. The van der Waals surface area contributed by atoms with Gasteiger partial charge in [0.25, 0.3) is 17.7 Å². The first kappa shape index (κ1) is 34.4. The number of oxime groups is 1. The van der Waals surface area contributed by atoms with E-state index in [1.165, 1.54) is 25.4 Å². The van der Waals surface area contributed by atoms with Crippen LogP contribution in [0.1, 0.15) is 35.6 Å². The van der Waals surface area contributed by atoms with Gasteiger partial charge in [-0.05, 0) is 26.8 Å². The second kappa shape index (κ2) is 13.5. The third-order valence-electron chi connectivity index (χ3n) is 6.62. The molecular formula is C24H31N10O9S3+. The Morgan fingerprint density at radius 3 is 2.63 bits per heavy atom. The molecule has 22 heteroatoms. The molecule has 2 atom stereocenters. The van der Waals surface area contributed by atoms with E-state index in [-0.39, 0.29) is 20.0 Å². The molecule has 0 aliphatic carbocycles. The number of aliphatic carboxylic acids is 1. The zero-order valence-electron chi connectivity index (χ0n) is 24.6. The molecule has 0 radical (unpaired) electrons. The number of nitrogen functional groups attached to an aromatic ring is 1. The zero-order valence-corrected chi connectivity index (χ0v) is 27.1. The number of aryl methyl sites for hydroxylation is 2. The summed E-state index contributed by atoms with van der Waals surface area (Å²) in [4.78, 5) is 63.8. The Bertz CT molecular complexity index is 1800. The average molecular weight is 700 g/mol. The van der Waals surface area contributed by atoms with Crippen LogP contribution in [-0.4, -0.2) is 97.2 Å². The van der Waals surface area contributed by atoms with Crippen LogP contribution in [0.5, 0.6) is 0 Å². The number of rotatable bonds is 14. The molecule has 3 aromatic heterocycles. The van der Waals surface area contributed by atoms with Crippen molar-refractivity contribution in [2.24, 2.45) is 17.9 Å². The summed E-state index contributed by atoms with van der Waals surface area (Å²) in [6, 6.07) is -3.01. The van der Waals surface area contributed by atoms with Gasteiger partial charge in [0.1, 0.15) is 21.6 Å². The van der Waals surface area contributed by atoms with Crippen molar-refractivity contribution in [1.29, 1.82) is 0 Å². The molecule has 0 spiro atoms. The van der Waals surface area contributed by atoms with Gasteiger partial charge in [-0.2, -0.15) is 13.1 Å². The molecule has 248 valence electrons. The second-order valence-corrected chi connectivity index (χ2v) is 13.6. The fraction of sp³-hybridized carbons (Fsp3) is 0.417. The lowest BCUT2D eigenvalue weighted by molar-refractivity contribution is -0.753. The maximum atomic E-state index is 13.2. The van der Waals surface area contributed by atoms with Gasteiger partial charge in [-0.15, -0.1) is 27.4 Å². The highest BCUT2D eigenvalue weighted by atomic mass is 32.2. The highest BCUT2D eigenvalue weighted by molar-refractivity contribution is 7.84. The minimum atomic E-state index is -5.08. The van der Waals surface area contributed by atoms with E-state index in [1.807, 2.05) is 28.8 Å². The number of aromatic nitrogens is 4. The Morgan fingerprint density at radius 1 is 1.30 bits per heavy atom. The summed E-state index contributed by atoms with van der Waals surface area (Å²) >= 11 is 2.00. The number of β-lactam (4-membered cyclic amide) rings is 1. The molecule has 1 aliphatic heterocycles. The third kappa shape index (κ3) is 7.47. The number of nitrogens with two attached hydrogens (primary N) is 2. The van der Waals surface area contributed by atoms with E-state index in [2.05, 4.69) is 25.8 Å². The van der Waals surface area contributed by atoms with Crippen molar-refractivity contribution in [2.75, 3.05) is 18.8 Å². The molecule has 0 saturated carbocycles. The summed E-state index contributed by atoms with van der Waals surface area (Å²) in [5.74, 6) is -4.36.